The van der Waals surface area contributed by atoms with Crippen LogP contribution in [0.3, 0.4) is 0 Å². The van der Waals surface area contributed by atoms with Crippen molar-refractivity contribution < 1.29 is 46.6 Å². The highest BCUT2D eigenvalue weighted by Crippen LogP contribution is 2.45. The molecule has 5 rings (SSSR count). The summed E-state index contributed by atoms with van der Waals surface area (Å²) in [7, 11) is -2.41. The molecule has 296 valence electrons. The number of hydrogen-bond donors (Lipinski definition) is 3. The fourth-order valence-electron chi connectivity index (χ4n) is 6.50. The van der Waals surface area contributed by atoms with Crippen molar-refractivity contribution >= 4 is 50.5 Å². The number of sulfonamides is 1. The number of hydrogen-bond acceptors (Lipinski definition) is 11. The first-order valence-corrected chi connectivity index (χ1v) is 19.4. The number of aromatic nitrogens is 1. The number of carbonyl (C=O) groups is 5. The highest BCUT2D eigenvalue weighted by atomic mass is 32.2. The molecule has 3 aliphatic rings. The van der Waals surface area contributed by atoms with Crippen LogP contribution in [0, 0.1) is 5.92 Å². The maximum absolute atomic E-state index is 14.6. The van der Waals surface area contributed by atoms with E-state index in [1.165, 1.54) is 22.0 Å². The molecule has 0 bridgehead atoms. The second-order valence-electron chi connectivity index (χ2n) is 14.8. The highest BCUT2D eigenvalue weighted by molar-refractivity contribution is 7.91. The zero-order valence-corrected chi connectivity index (χ0v) is 32.2. The van der Waals surface area contributed by atoms with Crippen molar-refractivity contribution in [2.24, 2.45) is 5.92 Å². The number of likely N-dealkylation sites (tertiary alicyclic amines) is 1. The minimum Gasteiger partial charge on any atom is -0.497 e. The number of benzene rings is 1. The van der Waals surface area contributed by atoms with Crippen LogP contribution in [0.2, 0.25) is 0 Å². The van der Waals surface area contributed by atoms with Crippen LogP contribution >= 0.6 is 0 Å². The average Bonchev–Trinajstić information content (AvgIpc) is 4.06. The van der Waals surface area contributed by atoms with Crippen molar-refractivity contribution in [3.8, 4) is 11.6 Å². The van der Waals surface area contributed by atoms with Crippen LogP contribution in [0.4, 0.5) is 4.79 Å². The number of methoxy groups -OCH3 is 1. The van der Waals surface area contributed by atoms with Gasteiger partial charge in [0.1, 0.15) is 35.1 Å². The van der Waals surface area contributed by atoms with E-state index >= 15 is 0 Å². The Labute approximate surface area is 320 Å². The topological polar surface area (TPSA) is 203 Å². The number of rotatable bonds is 16. The molecule has 0 spiro atoms. The Hall–Kier alpha value is -5.45. The van der Waals surface area contributed by atoms with Gasteiger partial charge in [-0.05, 0) is 75.8 Å². The maximum atomic E-state index is 14.6. The summed E-state index contributed by atoms with van der Waals surface area (Å²) in [5.74, 6) is -2.71. The van der Waals surface area contributed by atoms with Gasteiger partial charge in [-0.25, -0.2) is 18.2 Å². The Kier molecular flexibility index (Phi) is 11.9. The molecule has 2 saturated carbocycles. The summed E-state index contributed by atoms with van der Waals surface area (Å²) in [6, 6.07) is 4.37. The summed E-state index contributed by atoms with van der Waals surface area (Å²) in [4.78, 5) is 75.2. The Bertz CT molecular complexity index is 1990. The van der Waals surface area contributed by atoms with Gasteiger partial charge in [-0.2, -0.15) is 0 Å². The monoisotopic (exact) mass is 780 g/mol. The number of ether oxygens (including phenoxy) is 3. The number of fused-ring (bicyclic) bond motifs is 1. The average molecular weight is 781 g/mol. The molecule has 17 heteroatoms. The third-order valence-electron chi connectivity index (χ3n) is 9.54. The van der Waals surface area contributed by atoms with E-state index in [0.29, 0.717) is 24.0 Å². The Morgan fingerprint density at radius 3 is 2.45 bits per heavy atom. The van der Waals surface area contributed by atoms with E-state index in [4.69, 9.17) is 14.2 Å². The minimum atomic E-state index is -3.95. The van der Waals surface area contributed by atoms with Gasteiger partial charge < -0.3 is 34.6 Å². The van der Waals surface area contributed by atoms with E-state index in [9.17, 15) is 32.4 Å². The summed E-state index contributed by atoms with van der Waals surface area (Å²) in [6.45, 7) is 15.4. The Balaban J connectivity index is 1.48. The van der Waals surface area contributed by atoms with E-state index in [-0.39, 0.29) is 38.4 Å². The molecule has 5 amide bonds. The van der Waals surface area contributed by atoms with E-state index in [2.05, 4.69) is 40.1 Å². The van der Waals surface area contributed by atoms with Gasteiger partial charge in [0.15, 0.2) is 0 Å². The van der Waals surface area contributed by atoms with E-state index in [1.807, 2.05) is 0 Å². The lowest BCUT2D eigenvalue weighted by Crippen LogP contribution is -2.60. The minimum absolute atomic E-state index is 0.00214. The van der Waals surface area contributed by atoms with E-state index in [0.717, 1.165) is 11.5 Å². The molecule has 1 aromatic heterocycles. The summed E-state index contributed by atoms with van der Waals surface area (Å²) in [5, 5.41) is 6.01. The molecule has 2 heterocycles. The summed E-state index contributed by atoms with van der Waals surface area (Å²) in [5.41, 5.74) is -2.57. The standard InChI is InChI=1S/C38H48N6O10S/c1-8-17-43(31(45)10-3)22-29(40-36(49)54-37(4,5)6)34(47)44-21-26(53-33-28-14-11-25(52-7)18-23(28)15-16-39-33)19-30(44)32(46)41-38(20-24(38)9-2)35(48)42-55(50,51)27-12-13-27/h8-11,14-16,18,24,26-27,29-30H,1-3,12-13,17,19-22H2,4-7H3,(H,40,49)(H,41,46)(H,42,48)/t24-,26-,29-,30+,38-/m1/s1. The predicted octanol–water partition coefficient (Wildman–Crippen LogP) is 2.35. The van der Waals surface area contributed by atoms with Crippen LogP contribution in [-0.4, -0.2) is 114 Å². The van der Waals surface area contributed by atoms with Crippen molar-refractivity contribution in [2.45, 2.75) is 81.0 Å². The van der Waals surface area contributed by atoms with Crippen molar-refractivity contribution in [3.05, 3.63) is 68.4 Å². The third kappa shape index (κ3) is 9.44. The number of pyridine rings is 1. The van der Waals surface area contributed by atoms with Gasteiger partial charge >= 0.3 is 6.09 Å². The third-order valence-corrected chi connectivity index (χ3v) is 11.4. The van der Waals surface area contributed by atoms with Gasteiger partial charge in [0.25, 0.3) is 5.91 Å². The lowest BCUT2D eigenvalue weighted by Gasteiger charge is -2.32. The Morgan fingerprint density at radius 2 is 1.85 bits per heavy atom. The molecule has 3 fully saturated rings. The number of carbonyl (C=O) groups excluding carboxylic acids is 5. The molecule has 2 aromatic rings. The number of alkyl carbamates (subject to hydrolysis) is 1. The molecule has 16 nitrogen and oxygen atoms in total. The second kappa shape index (κ2) is 16.1. The molecule has 5 atom stereocenters. The quantitative estimate of drug-likeness (QED) is 0.167. The van der Waals surface area contributed by atoms with Crippen molar-refractivity contribution in [2.75, 3.05) is 26.7 Å². The molecular weight excluding hydrogens is 733 g/mol. The number of amides is 5. The summed E-state index contributed by atoms with van der Waals surface area (Å²) >= 11 is 0. The van der Waals surface area contributed by atoms with Crippen molar-refractivity contribution in [1.29, 1.82) is 0 Å². The van der Waals surface area contributed by atoms with Crippen LogP contribution in [0.1, 0.15) is 46.5 Å². The second-order valence-corrected chi connectivity index (χ2v) is 16.8. The molecule has 0 radical (unpaired) electrons. The van der Waals surface area contributed by atoms with Crippen molar-refractivity contribution in [1.82, 2.24) is 30.1 Å². The summed E-state index contributed by atoms with van der Waals surface area (Å²) < 4.78 is 44.7. The van der Waals surface area contributed by atoms with Crippen molar-refractivity contribution in [3.63, 3.8) is 0 Å². The van der Waals surface area contributed by atoms with Gasteiger partial charge in [0.05, 0.1) is 25.4 Å². The van der Waals surface area contributed by atoms with Crippen LogP contribution in [-0.2, 0) is 33.9 Å². The first-order chi connectivity index (χ1) is 25.9. The maximum Gasteiger partial charge on any atom is 0.408 e. The lowest BCUT2D eigenvalue weighted by molar-refractivity contribution is -0.142. The smallest absolute Gasteiger partial charge is 0.408 e. The largest absolute Gasteiger partial charge is 0.497 e. The lowest BCUT2D eigenvalue weighted by atomic mass is 10.1. The molecule has 0 unspecified atom stereocenters. The van der Waals surface area contributed by atoms with Gasteiger partial charge in [0.2, 0.25) is 33.6 Å². The zero-order valence-electron chi connectivity index (χ0n) is 31.4. The first kappa shape index (κ1) is 40.7. The van der Waals surface area contributed by atoms with E-state index in [1.54, 1.807) is 58.3 Å². The first-order valence-electron chi connectivity index (χ1n) is 17.9. The molecule has 55 heavy (non-hydrogen) atoms. The fourth-order valence-corrected chi connectivity index (χ4v) is 7.86. The number of nitrogens with one attached hydrogen (secondary N) is 3. The molecule has 1 aromatic carbocycles. The molecule has 1 saturated heterocycles. The van der Waals surface area contributed by atoms with Gasteiger partial charge in [-0.15, -0.1) is 13.2 Å². The normalized spacial score (nSPS) is 22.4. The number of nitrogens with zero attached hydrogens (tertiary/aromatic N) is 3. The van der Waals surface area contributed by atoms with Crippen LogP contribution in [0.5, 0.6) is 11.6 Å². The summed E-state index contributed by atoms with van der Waals surface area (Å²) in [6.07, 6.45) is 4.59. The molecule has 1 aliphatic heterocycles. The SMILES string of the molecule is C=CCN(C[C@@H](NC(=O)OC(C)(C)C)C(=O)N1C[C@H](Oc2nccc3cc(OC)ccc23)C[C@H]1C(=O)N[C@]1(C(=O)NS(=O)(=O)C2CC2)C[C@H]1C=C)C(=O)C=C. The highest BCUT2D eigenvalue weighted by Gasteiger charge is 2.62. The fraction of sp³-hybridized carbons (Fsp3) is 0.474. The van der Waals surface area contributed by atoms with Crippen LogP contribution in [0.25, 0.3) is 10.8 Å². The molecule has 2 aliphatic carbocycles. The zero-order chi connectivity index (χ0) is 40.3. The molecule has 3 N–H and O–H groups in total. The Morgan fingerprint density at radius 1 is 1.13 bits per heavy atom. The van der Waals surface area contributed by atoms with Gasteiger partial charge in [-0.1, -0.05) is 18.7 Å². The van der Waals surface area contributed by atoms with Gasteiger partial charge in [-0.3, -0.25) is 23.9 Å². The van der Waals surface area contributed by atoms with Crippen LogP contribution in [0.15, 0.2) is 68.4 Å². The molecular formula is C38H48N6O10S. The van der Waals surface area contributed by atoms with Crippen LogP contribution < -0.4 is 24.8 Å². The predicted molar refractivity (Wildman–Crippen MR) is 202 cm³/mol. The van der Waals surface area contributed by atoms with E-state index < -0.39 is 80.2 Å². The van der Waals surface area contributed by atoms with Gasteiger partial charge in [0, 0.05) is 30.5 Å².